The second-order valence-corrected chi connectivity index (χ2v) is 5.84. The van der Waals surface area contributed by atoms with E-state index in [2.05, 4.69) is 5.32 Å². The van der Waals surface area contributed by atoms with Crippen LogP contribution in [0, 0.1) is 11.8 Å². The highest BCUT2D eigenvalue weighted by Gasteiger charge is 2.22. The van der Waals surface area contributed by atoms with Crippen LogP contribution < -0.4 is 5.32 Å². The Morgan fingerprint density at radius 3 is 2.59 bits per heavy atom. The highest BCUT2D eigenvalue weighted by Crippen LogP contribution is 2.24. The molecule has 1 saturated carbocycles. The maximum Gasteiger partial charge on any atom is 0.222 e. The van der Waals surface area contributed by atoms with Gasteiger partial charge in [0.05, 0.1) is 0 Å². The molecule has 1 unspecified atom stereocenters. The van der Waals surface area contributed by atoms with E-state index in [0.29, 0.717) is 11.8 Å². The lowest BCUT2D eigenvalue weighted by Gasteiger charge is -2.27. The molecule has 1 aliphatic carbocycles. The molecule has 0 radical (unpaired) electrons. The minimum absolute atomic E-state index is 0.351. The molecule has 1 N–H and O–H groups in total. The minimum atomic E-state index is 0.351. The first-order chi connectivity index (χ1) is 8.25. The predicted octanol–water partition coefficient (Wildman–Crippen LogP) is 2.02. The Morgan fingerprint density at radius 2 is 1.94 bits per heavy atom. The number of amides is 1. The average Bonchev–Trinajstić information content (AvgIpc) is 2.83. The highest BCUT2D eigenvalue weighted by atomic mass is 16.2. The first kappa shape index (κ1) is 12.9. The fourth-order valence-electron chi connectivity index (χ4n) is 3.15. The molecule has 2 aliphatic rings. The molecular formula is C14H26N2O. The normalized spacial score (nSPS) is 26.1. The average molecular weight is 238 g/mol. The van der Waals surface area contributed by atoms with Gasteiger partial charge in [-0.1, -0.05) is 19.3 Å². The summed E-state index contributed by atoms with van der Waals surface area (Å²) >= 11 is 0. The number of rotatable bonds is 4. The summed E-state index contributed by atoms with van der Waals surface area (Å²) < 4.78 is 0. The Labute approximate surface area is 105 Å². The van der Waals surface area contributed by atoms with Crippen molar-refractivity contribution in [3.63, 3.8) is 0 Å². The van der Waals surface area contributed by atoms with Crippen LogP contribution in [-0.2, 0) is 4.79 Å². The van der Waals surface area contributed by atoms with Crippen molar-refractivity contribution in [2.45, 2.75) is 44.9 Å². The van der Waals surface area contributed by atoms with Gasteiger partial charge in [0.15, 0.2) is 0 Å². The van der Waals surface area contributed by atoms with Crippen molar-refractivity contribution in [1.29, 1.82) is 0 Å². The number of nitrogens with zero attached hydrogens (tertiary/aromatic N) is 1. The van der Waals surface area contributed by atoms with Gasteiger partial charge in [0.2, 0.25) is 5.91 Å². The molecule has 2 rings (SSSR count). The molecule has 0 aromatic carbocycles. The maximum atomic E-state index is 12.1. The summed E-state index contributed by atoms with van der Waals surface area (Å²) in [5, 5.41) is 3.33. The molecule has 0 aromatic rings. The second-order valence-electron chi connectivity index (χ2n) is 5.84. The van der Waals surface area contributed by atoms with Gasteiger partial charge in [-0.2, -0.15) is 0 Å². The van der Waals surface area contributed by atoms with Crippen LogP contribution in [0.5, 0.6) is 0 Å². The van der Waals surface area contributed by atoms with Gasteiger partial charge < -0.3 is 10.2 Å². The van der Waals surface area contributed by atoms with Crippen LogP contribution in [0.3, 0.4) is 0 Å². The molecule has 1 amide bonds. The number of hydrogen-bond donors (Lipinski definition) is 1. The zero-order valence-electron chi connectivity index (χ0n) is 11.1. The van der Waals surface area contributed by atoms with Crippen molar-refractivity contribution in [2.24, 2.45) is 11.8 Å². The molecule has 1 heterocycles. The van der Waals surface area contributed by atoms with Gasteiger partial charge in [-0.25, -0.2) is 0 Å². The van der Waals surface area contributed by atoms with Gasteiger partial charge >= 0.3 is 0 Å². The van der Waals surface area contributed by atoms with Gasteiger partial charge in [-0.3, -0.25) is 4.79 Å². The Balaban J connectivity index is 1.70. The van der Waals surface area contributed by atoms with E-state index in [1.165, 1.54) is 38.5 Å². The molecule has 3 heteroatoms. The van der Waals surface area contributed by atoms with Gasteiger partial charge in [0, 0.05) is 20.0 Å². The topological polar surface area (TPSA) is 32.3 Å². The van der Waals surface area contributed by atoms with Crippen molar-refractivity contribution in [3.8, 4) is 0 Å². The Hall–Kier alpha value is -0.570. The van der Waals surface area contributed by atoms with Gasteiger partial charge in [0.1, 0.15) is 0 Å². The van der Waals surface area contributed by atoms with E-state index in [0.717, 1.165) is 32.0 Å². The first-order valence-corrected chi connectivity index (χ1v) is 7.20. The quantitative estimate of drug-likeness (QED) is 0.812. The standard InChI is InChI=1S/C14H26N2O/c1-16(11-12-5-3-2-4-6-12)14(17)9-13-7-8-15-10-13/h12-13,15H,2-11H2,1H3. The zero-order valence-corrected chi connectivity index (χ0v) is 11.1. The van der Waals surface area contributed by atoms with Crippen LogP contribution in [0.1, 0.15) is 44.9 Å². The summed E-state index contributed by atoms with van der Waals surface area (Å²) in [6.45, 7) is 3.10. The summed E-state index contributed by atoms with van der Waals surface area (Å²) in [5.74, 6) is 1.69. The summed E-state index contributed by atoms with van der Waals surface area (Å²) in [5.41, 5.74) is 0. The molecule has 0 spiro atoms. The monoisotopic (exact) mass is 238 g/mol. The van der Waals surface area contributed by atoms with Crippen molar-refractivity contribution in [2.75, 3.05) is 26.7 Å². The van der Waals surface area contributed by atoms with Crippen LogP contribution in [-0.4, -0.2) is 37.5 Å². The van der Waals surface area contributed by atoms with Crippen LogP contribution in [0.15, 0.2) is 0 Å². The summed E-state index contributed by atoms with van der Waals surface area (Å²) in [7, 11) is 1.99. The SMILES string of the molecule is CN(CC1CCCCC1)C(=O)CC1CCNC1. The molecule has 1 atom stereocenters. The van der Waals surface area contributed by atoms with Crippen molar-refractivity contribution >= 4 is 5.91 Å². The molecule has 17 heavy (non-hydrogen) atoms. The Bertz CT molecular complexity index is 243. The molecule has 1 aliphatic heterocycles. The van der Waals surface area contributed by atoms with Crippen LogP contribution >= 0.6 is 0 Å². The number of carbonyl (C=O) groups excluding carboxylic acids is 1. The van der Waals surface area contributed by atoms with E-state index < -0.39 is 0 Å². The molecule has 2 fully saturated rings. The largest absolute Gasteiger partial charge is 0.345 e. The summed E-state index contributed by atoms with van der Waals surface area (Å²) in [6, 6.07) is 0. The van der Waals surface area contributed by atoms with E-state index in [9.17, 15) is 4.79 Å². The van der Waals surface area contributed by atoms with Crippen LogP contribution in [0.25, 0.3) is 0 Å². The molecule has 0 aromatic heterocycles. The fraction of sp³-hybridized carbons (Fsp3) is 0.929. The number of carbonyl (C=O) groups is 1. The van der Waals surface area contributed by atoms with Gasteiger partial charge in [0.25, 0.3) is 0 Å². The van der Waals surface area contributed by atoms with Crippen molar-refractivity contribution in [3.05, 3.63) is 0 Å². The number of nitrogens with one attached hydrogen (secondary N) is 1. The number of hydrogen-bond acceptors (Lipinski definition) is 2. The molecule has 98 valence electrons. The predicted molar refractivity (Wildman–Crippen MR) is 69.8 cm³/mol. The van der Waals surface area contributed by atoms with Gasteiger partial charge in [-0.15, -0.1) is 0 Å². The van der Waals surface area contributed by atoms with E-state index in [-0.39, 0.29) is 0 Å². The van der Waals surface area contributed by atoms with E-state index in [1.54, 1.807) is 0 Å². The lowest BCUT2D eigenvalue weighted by molar-refractivity contribution is -0.131. The first-order valence-electron chi connectivity index (χ1n) is 7.20. The smallest absolute Gasteiger partial charge is 0.222 e. The van der Waals surface area contributed by atoms with Crippen molar-refractivity contribution < 1.29 is 4.79 Å². The molecule has 0 bridgehead atoms. The lowest BCUT2D eigenvalue weighted by Crippen LogP contribution is -2.34. The minimum Gasteiger partial charge on any atom is -0.345 e. The maximum absolute atomic E-state index is 12.1. The van der Waals surface area contributed by atoms with Crippen LogP contribution in [0.4, 0.5) is 0 Å². The molecular weight excluding hydrogens is 212 g/mol. The third-order valence-electron chi connectivity index (χ3n) is 4.31. The highest BCUT2D eigenvalue weighted by molar-refractivity contribution is 5.76. The van der Waals surface area contributed by atoms with E-state index >= 15 is 0 Å². The Kier molecular flexibility index (Phi) is 4.84. The van der Waals surface area contributed by atoms with E-state index in [4.69, 9.17) is 0 Å². The summed E-state index contributed by atoms with van der Waals surface area (Å²) in [4.78, 5) is 14.1. The van der Waals surface area contributed by atoms with Gasteiger partial charge in [-0.05, 0) is 44.2 Å². The third-order valence-corrected chi connectivity index (χ3v) is 4.31. The van der Waals surface area contributed by atoms with E-state index in [1.807, 2.05) is 11.9 Å². The fourth-order valence-corrected chi connectivity index (χ4v) is 3.15. The van der Waals surface area contributed by atoms with Crippen molar-refractivity contribution in [1.82, 2.24) is 10.2 Å². The van der Waals surface area contributed by atoms with Crippen LogP contribution in [0.2, 0.25) is 0 Å². The summed E-state index contributed by atoms with van der Waals surface area (Å²) in [6.07, 6.45) is 8.67. The molecule has 1 saturated heterocycles. The second kappa shape index (κ2) is 6.39. The molecule has 3 nitrogen and oxygen atoms in total. The zero-order chi connectivity index (χ0) is 12.1. The Morgan fingerprint density at radius 1 is 1.18 bits per heavy atom. The third kappa shape index (κ3) is 3.98. The lowest BCUT2D eigenvalue weighted by atomic mass is 9.89.